The summed E-state index contributed by atoms with van der Waals surface area (Å²) in [5.74, 6) is 1.36. The zero-order chi connectivity index (χ0) is 17.5. The maximum atomic E-state index is 12.3. The van der Waals surface area contributed by atoms with Crippen molar-refractivity contribution >= 4 is 21.8 Å². The second kappa shape index (κ2) is 8.73. The highest BCUT2D eigenvalue weighted by molar-refractivity contribution is 9.10. The topological polar surface area (TPSA) is 38.8 Å². The van der Waals surface area contributed by atoms with Gasteiger partial charge in [0.05, 0.1) is 11.6 Å². The van der Waals surface area contributed by atoms with E-state index in [1.165, 1.54) is 5.56 Å². The van der Waals surface area contributed by atoms with E-state index < -0.39 is 0 Å². The van der Waals surface area contributed by atoms with Crippen LogP contribution in [-0.4, -0.2) is 31.6 Å². The molecule has 0 fully saturated rings. The van der Waals surface area contributed by atoms with Gasteiger partial charge in [0.2, 0.25) is 0 Å². The maximum absolute atomic E-state index is 12.3. The number of hydrogen-bond acceptors (Lipinski definition) is 3. The van der Waals surface area contributed by atoms with Gasteiger partial charge in [-0.25, -0.2) is 0 Å². The van der Waals surface area contributed by atoms with Gasteiger partial charge in [-0.2, -0.15) is 0 Å². The van der Waals surface area contributed by atoms with Crippen molar-refractivity contribution in [3.05, 3.63) is 58.1 Å². The number of para-hydroxylation sites is 1. The fraction of sp³-hybridized carbons (Fsp3) is 0.316. The number of methoxy groups -OCH3 is 1. The Morgan fingerprint density at radius 1 is 1.17 bits per heavy atom. The van der Waals surface area contributed by atoms with Crippen LogP contribution in [0.2, 0.25) is 0 Å². The summed E-state index contributed by atoms with van der Waals surface area (Å²) in [5, 5.41) is 0. The molecule has 0 heterocycles. The second-order valence-corrected chi connectivity index (χ2v) is 6.32. The minimum Gasteiger partial charge on any atom is -0.496 e. The number of carbonyl (C=O) groups is 1. The highest BCUT2D eigenvalue weighted by atomic mass is 79.9. The van der Waals surface area contributed by atoms with E-state index in [0.29, 0.717) is 12.3 Å². The Bertz CT molecular complexity index is 703. The molecule has 4 nitrogen and oxygen atoms in total. The van der Waals surface area contributed by atoms with E-state index in [0.717, 1.165) is 22.2 Å². The highest BCUT2D eigenvalue weighted by Gasteiger charge is 2.13. The number of amides is 1. The zero-order valence-electron chi connectivity index (χ0n) is 14.2. The number of ether oxygens (including phenoxy) is 2. The molecule has 1 amide bonds. The highest BCUT2D eigenvalue weighted by Crippen LogP contribution is 2.26. The number of hydrogen-bond donors (Lipinski definition) is 0. The van der Waals surface area contributed by atoms with Crippen LogP contribution in [0.5, 0.6) is 11.5 Å². The number of benzene rings is 2. The Balaban J connectivity index is 1.94. The number of likely N-dealkylation sites (N-methyl/N-ethyl adjacent to an activating group) is 1. The van der Waals surface area contributed by atoms with Gasteiger partial charge in [-0.05, 0) is 46.1 Å². The Hall–Kier alpha value is -2.01. The third-order valence-corrected chi connectivity index (χ3v) is 4.40. The second-order valence-electron chi connectivity index (χ2n) is 5.47. The fourth-order valence-electron chi connectivity index (χ4n) is 2.31. The van der Waals surface area contributed by atoms with Crippen molar-refractivity contribution in [2.24, 2.45) is 0 Å². The maximum Gasteiger partial charge on any atom is 0.260 e. The quantitative estimate of drug-likeness (QED) is 0.714. The van der Waals surface area contributed by atoms with Crippen LogP contribution < -0.4 is 9.47 Å². The zero-order valence-corrected chi connectivity index (χ0v) is 15.8. The Morgan fingerprint density at radius 3 is 2.58 bits per heavy atom. The minimum absolute atomic E-state index is 0.00425. The van der Waals surface area contributed by atoms with Crippen LogP contribution in [0.4, 0.5) is 0 Å². The lowest BCUT2D eigenvalue weighted by Gasteiger charge is -2.19. The molecule has 128 valence electrons. The first-order valence-corrected chi connectivity index (χ1v) is 8.61. The van der Waals surface area contributed by atoms with E-state index in [4.69, 9.17) is 9.47 Å². The molecule has 0 spiro atoms. The largest absolute Gasteiger partial charge is 0.496 e. The molecule has 0 radical (unpaired) electrons. The van der Waals surface area contributed by atoms with Crippen LogP contribution in [0.25, 0.3) is 0 Å². The molecule has 2 aromatic carbocycles. The van der Waals surface area contributed by atoms with Crippen LogP contribution in [0, 0.1) is 0 Å². The van der Waals surface area contributed by atoms with Crippen molar-refractivity contribution in [3.8, 4) is 11.5 Å². The van der Waals surface area contributed by atoms with Crippen LogP contribution >= 0.6 is 15.9 Å². The molecule has 5 heteroatoms. The van der Waals surface area contributed by atoms with Gasteiger partial charge < -0.3 is 14.4 Å². The van der Waals surface area contributed by atoms with Crippen LogP contribution in [0.1, 0.15) is 18.1 Å². The molecule has 24 heavy (non-hydrogen) atoms. The lowest BCUT2D eigenvalue weighted by atomic mass is 10.2. The third-order valence-electron chi connectivity index (χ3n) is 3.78. The molecule has 0 N–H and O–H groups in total. The summed E-state index contributed by atoms with van der Waals surface area (Å²) in [7, 11) is 3.38. The van der Waals surface area contributed by atoms with E-state index in [1.807, 2.05) is 42.5 Å². The fourth-order valence-corrected chi connectivity index (χ4v) is 2.85. The average molecular weight is 392 g/mol. The number of halogens is 1. The lowest BCUT2D eigenvalue weighted by molar-refractivity contribution is -0.132. The van der Waals surface area contributed by atoms with Gasteiger partial charge >= 0.3 is 0 Å². The number of rotatable bonds is 7. The lowest BCUT2D eigenvalue weighted by Crippen LogP contribution is -2.31. The molecule has 0 bridgehead atoms. The van der Waals surface area contributed by atoms with Crippen molar-refractivity contribution in [1.82, 2.24) is 4.90 Å². The Morgan fingerprint density at radius 2 is 1.92 bits per heavy atom. The van der Waals surface area contributed by atoms with Gasteiger partial charge in [-0.15, -0.1) is 0 Å². The van der Waals surface area contributed by atoms with Gasteiger partial charge in [0, 0.05) is 19.2 Å². The van der Waals surface area contributed by atoms with Crippen molar-refractivity contribution < 1.29 is 14.3 Å². The normalized spacial score (nSPS) is 10.3. The van der Waals surface area contributed by atoms with Gasteiger partial charge in [0.25, 0.3) is 5.91 Å². The van der Waals surface area contributed by atoms with Gasteiger partial charge in [0.1, 0.15) is 11.5 Å². The molecule has 0 aliphatic rings. The summed E-state index contributed by atoms with van der Waals surface area (Å²) in [6.07, 6.45) is 0.958. The standard InChI is InChI=1S/C19H22BrNO3/c1-4-14-9-10-18(16(20)11-14)24-13-19(22)21(2)12-15-7-5-6-8-17(15)23-3/h5-11H,4,12-13H2,1-3H3. The van der Waals surface area contributed by atoms with Crippen molar-refractivity contribution in [2.45, 2.75) is 19.9 Å². The molecule has 2 rings (SSSR count). The predicted octanol–water partition coefficient (Wildman–Crippen LogP) is 4.06. The SMILES string of the molecule is CCc1ccc(OCC(=O)N(C)Cc2ccccc2OC)c(Br)c1. The van der Waals surface area contributed by atoms with E-state index in [9.17, 15) is 4.79 Å². The van der Waals surface area contributed by atoms with Crippen LogP contribution in [0.15, 0.2) is 46.9 Å². The first-order valence-electron chi connectivity index (χ1n) is 7.82. The first-order chi connectivity index (χ1) is 11.5. The summed E-state index contributed by atoms with van der Waals surface area (Å²) in [4.78, 5) is 13.9. The molecular formula is C19H22BrNO3. The smallest absolute Gasteiger partial charge is 0.260 e. The summed E-state index contributed by atoms with van der Waals surface area (Å²) in [6, 6.07) is 13.6. The van der Waals surface area contributed by atoms with Gasteiger partial charge in [0.15, 0.2) is 6.61 Å². The Labute approximate surface area is 151 Å². The number of aryl methyl sites for hydroxylation is 1. The minimum atomic E-state index is -0.0904. The number of carbonyl (C=O) groups excluding carboxylic acids is 1. The van der Waals surface area contributed by atoms with Crippen LogP contribution in [0.3, 0.4) is 0 Å². The van der Waals surface area contributed by atoms with Crippen LogP contribution in [-0.2, 0) is 17.8 Å². The summed E-state index contributed by atoms with van der Waals surface area (Å²) >= 11 is 3.48. The van der Waals surface area contributed by atoms with Gasteiger partial charge in [-0.3, -0.25) is 4.79 Å². The number of nitrogens with zero attached hydrogens (tertiary/aromatic N) is 1. The molecule has 0 unspecified atom stereocenters. The van der Waals surface area contributed by atoms with E-state index in [1.54, 1.807) is 19.1 Å². The molecule has 0 atom stereocenters. The Kier molecular flexibility index (Phi) is 6.67. The van der Waals surface area contributed by atoms with E-state index in [-0.39, 0.29) is 12.5 Å². The monoisotopic (exact) mass is 391 g/mol. The molecule has 0 aliphatic carbocycles. The van der Waals surface area contributed by atoms with E-state index >= 15 is 0 Å². The van der Waals surface area contributed by atoms with Crippen molar-refractivity contribution in [3.63, 3.8) is 0 Å². The molecular weight excluding hydrogens is 370 g/mol. The average Bonchev–Trinajstić information content (AvgIpc) is 2.60. The van der Waals surface area contributed by atoms with Gasteiger partial charge in [-0.1, -0.05) is 31.2 Å². The summed E-state index contributed by atoms with van der Waals surface area (Å²) in [5.41, 5.74) is 2.18. The third kappa shape index (κ3) is 4.74. The summed E-state index contributed by atoms with van der Waals surface area (Å²) in [6.45, 7) is 2.57. The van der Waals surface area contributed by atoms with Crippen molar-refractivity contribution in [2.75, 3.05) is 20.8 Å². The first kappa shape index (κ1) is 18.3. The molecule has 0 saturated heterocycles. The van der Waals surface area contributed by atoms with Crippen molar-refractivity contribution in [1.29, 1.82) is 0 Å². The van der Waals surface area contributed by atoms with E-state index in [2.05, 4.69) is 22.9 Å². The summed E-state index contributed by atoms with van der Waals surface area (Å²) < 4.78 is 11.8. The molecule has 2 aromatic rings. The molecule has 0 aromatic heterocycles. The molecule has 0 saturated carbocycles. The predicted molar refractivity (Wildman–Crippen MR) is 98.5 cm³/mol. The molecule has 0 aliphatic heterocycles.